The molecule has 0 amide bonds. The zero-order valence-corrected chi connectivity index (χ0v) is 9.47. The van der Waals surface area contributed by atoms with E-state index in [4.69, 9.17) is 0 Å². The SMILES string of the molecule is CNC1CCCCN1C1CCCCC1. The van der Waals surface area contributed by atoms with Gasteiger partial charge in [0.2, 0.25) is 0 Å². The Labute approximate surface area is 88.1 Å². The highest BCUT2D eigenvalue weighted by atomic mass is 15.3. The molecular weight excluding hydrogens is 172 g/mol. The quantitative estimate of drug-likeness (QED) is 0.729. The van der Waals surface area contributed by atoms with Gasteiger partial charge in [-0.05, 0) is 45.7 Å². The van der Waals surface area contributed by atoms with Gasteiger partial charge in [0.15, 0.2) is 0 Å². The molecule has 1 saturated heterocycles. The summed E-state index contributed by atoms with van der Waals surface area (Å²) in [6, 6.07) is 0.890. The Hall–Kier alpha value is -0.0800. The predicted octanol–water partition coefficient (Wildman–Crippen LogP) is 2.35. The van der Waals surface area contributed by atoms with Crippen LogP contribution in [0.2, 0.25) is 0 Å². The highest BCUT2D eigenvalue weighted by Crippen LogP contribution is 2.27. The van der Waals surface area contributed by atoms with Crippen LogP contribution < -0.4 is 5.32 Å². The summed E-state index contributed by atoms with van der Waals surface area (Å²) in [6.45, 7) is 1.33. The van der Waals surface area contributed by atoms with Crippen molar-refractivity contribution in [3.8, 4) is 0 Å². The van der Waals surface area contributed by atoms with Crippen LogP contribution >= 0.6 is 0 Å². The van der Waals surface area contributed by atoms with Crippen LogP contribution in [-0.4, -0.2) is 30.7 Å². The lowest BCUT2D eigenvalue weighted by molar-refractivity contribution is 0.0585. The van der Waals surface area contributed by atoms with Gasteiger partial charge >= 0.3 is 0 Å². The molecule has 82 valence electrons. The maximum atomic E-state index is 3.48. The number of hydrogen-bond donors (Lipinski definition) is 1. The van der Waals surface area contributed by atoms with E-state index in [-0.39, 0.29) is 0 Å². The standard InChI is InChI=1S/C12H24N2/c1-13-12-9-5-6-10-14(12)11-7-3-2-4-8-11/h11-13H,2-10H2,1H3. The average molecular weight is 196 g/mol. The van der Waals surface area contributed by atoms with E-state index in [1.165, 1.54) is 57.9 Å². The first kappa shape index (κ1) is 10.4. The lowest BCUT2D eigenvalue weighted by Gasteiger charge is -2.42. The molecule has 2 heteroatoms. The molecule has 0 bridgehead atoms. The second-order valence-corrected chi connectivity index (χ2v) is 4.83. The van der Waals surface area contributed by atoms with E-state index < -0.39 is 0 Å². The molecule has 1 unspecified atom stereocenters. The molecule has 1 atom stereocenters. The highest BCUT2D eigenvalue weighted by Gasteiger charge is 2.28. The number of rotatable bonds is 2. The number of piperidine rings is 1. The molecule has 1 saturated carbocycles. The van der Waals surface area contributed by atoms with E-state index in [0.717, 1.165) is 6.04 Å². The lowest BCUT2D eigenvalue weighted by atomic mass is 9.92. The van der Waals surface area contributed by atoms with Crippen LogP contribution in [0.15, 0.2) is 0 Å². The summed E-state index contributed by atoms with van der Waals surface area (Å²) in [5.74, 6) is 0. The van der Waals surface area contributed by atoms with Crippen LogP contribution in [-0.2, 0) is 0 Å². The summed E-state index contributed by atoms with van der Waals surface area (Å²) in [5.41, 5.74) is 0. The molecule has 2 fully saturated rings. The van der Waals surface area contributed by atoms with Crippen molar-refractivity contribution in [1.29, 1.82) is 0 Å². The molecule has 2 rings (SSSR count). The molecule has 0 spiro atoms. The molecule has 1 aliphatic heterocycles. The van der Waals surface area contributed by atoms with Gasteiger partial charge in [-0.1, -0.05) is 19.3 Å². The molecular formula is C12H24N2. The summed E-state index contributed by atoms with van der Waals surface area (Å²) < 4.78 is 0. The van der Waals surface area contributed by atoms with Gasteiger partial charge in [0.1, 0.15) is 0 Å². The Morgan fingerprint density at radius 3 is 2.36 bits per heavy atom. The monoisotopic (exact) mass is 196 g/mol. The minimum absolute atomic E-state index is 0.673. The van der Waals surface area contributed by atoms with Gasteiger partial charge in [0, 0.05) is 6.04 Å². The van der Waals surface area contributed by atoms with Crippen LogP contribution in [0.25, 0.3) is 0 Å². The summed E-state index contributed by atoms with van der Waals surface area (Å²) in [4.78, 5) is 2.74. The zero-order chi connectivity index (χ0) is 9.80. The van der Waals surface area contributed by atoms with Crippen molar-refractivity contribution in [1.82, 2.24) is 10.2 Å². The van der Waals surface area contributed by atoms with Crippen molar-refractivity contribution in [2.75, 3.05) is 13.6 Å². The van der Waals surface area contributed by atoms with Crippen LogP contribution in [0.1, 0.15) is 51.4 Å². The number of nitrogens with zero attached hydrogens (tertiary/aromatic N) is 1. The van der Waals surface area contributed by atoms with Crippen molar-refractivity contribution in [3.05, 3.63) is 0 Å². The first-order chi connectivity index (χ1) is 6.92. The Balaban J connectivity index is 1.91. The van der Waals surface area contributed by atoms with E-state index in [2.05, 4.69) is 17.3 Å². The fourth-order valence-electron chi connectivity index (χ4n) is 3.11. The van der Waals surface area contributed by atoms with Crippen molar-refractivity contribution < 1.29 is 0 Å². The second kappa shape index (κ2) is 5.13. The third-order valence-electron chi connectivity index (χ3n) is 3.92. The van der Waals surface area contributed by atoms with Crippen LogP contribution in [0.3, 0.4) is 0 Å². The molecule has 0 aromatic carbocycles. The Morgan fingerprint density at radius 1 is 0.929 bits per heavy atom. The number of hydrogen-bond acceptors (Lipinski definition) is 2. The van der Waals surface area contributed by atoms with E-state index in [1.807, 2.05) is 0 Å². The van der Waals surface area contributed by atoms with Crippen LogP contribution in [0.4, 0.5) is 0 Å². The Kier molecular flexibility index (Phi) is 3.82. The third-order valence-corrected chi connectivity index (χ3v) is 3.92. The summed E-state index contributed by atoms with van der Waals surface area (Å²) in [7, 11) is 2.12. The Morgan fingerprint density at radius 2 is 1.64 bits per heavy atom. The zero-order valence-electron chi connectivity index (χ0n) is 9.47. The predicted molar refractivity (Wildman–Crippen MR) is 60.3 cm³/mol. The van der Waals surface area contributed by atoms with Crippen LogP contribution in [0, 0.1) is 0 Å². The maximum Gasteiger partial charge on any atom is 0.0597 e. The molecule has 1 heterocycles. The smallest absolute Gasteiger partial charge is 0.0597 e. The van der Waals surface area contributed by atoms with Gasteiger partial charge in [0.05, 0.1) is 6.17 Å². The van der Waals surface area contributed by atoms with E-state index >= 15 is 0 Å². The second-order valence-electron chi connectivity index (χ2n) is 4.83. The number of nitrogens with one attached hydrogen (secondary N) is 1. The summed E-state index contributed by atoms with van der Waals surface area (Å²) in [6.07, 6.45) is 12.1. The van der Waals surface area contributed by atoms with E-state index in [0.29, 0.717) is 6.17 Å². The minimum atomic E-state index is 0.673. The van der Waals surface area contributed by atoms with Gasteiger partial charge in [-0.3, -0.25) is 4.90 Å². The topological polar surface area (TPSA) is 15.3 Å². The summed E-state index contributed by atoms with van der Waals surface area (Å²) >= 11 is 0. The molecule has 2 nitrogen and oxygen atoms in total. The first-order valence-electron chi connectivity index (χ1n) is 6.35. The maximum absolute atomic E-state index is 3.48. The highest BCUT2D eigenvalue weighted by molar-refractivity contribution is 4.82. The van der Waals surface area contributed by atoms with Crippen molar-refractivity contribution in [3.63, 3.8) is 0 Å². The summed E-state index contributed by atoms with van der Waals surface area (Å²) in [5, 5.41) is 3.48. The molecule has 14 heavy (non-hydrogen) atoms. The molecule has 1 N–H and O–H groups in total. The minimum Gasteiger partial charge on any atom is -0.305 e. The van der Waals surface area contributed by atoms with E-state index in [1.54, 1.807) is 0 Å². The van der Waals surface area contributed by atoms with E-state index in [9.17, 15) is 0 Å². The average Bonchev–Trinajstić information content (AvgIpc) is 2.30. The number of likely N-dealkylation sites (tertiary alicyclic amines) is 1. The molecule has 0 aromatic heterocycles. The lowest BCUT2D eigenvalue weighted by Crippen LogP contribution is -2.52. The normalized spacial score (nSPS) is 31.9. The third kappa shape index (κ3) is 2.29. The molecule has 0 aromatic rings. The fraction of sp³-hybridized carbons (Fsp3) is 1.00. The van der Waals surface area contributed by atoms with Gasteiger partial charge in [-0.15, -0.1) is 0 Å². The van der Waals surface area contributed by atoms with Crippen molar-refractivity contribution in [2.24, 2.45) is 0 Å². The fourth-order valence-corrected chi connectivity index (χ4v) is 3.11. The van der Waals surface area contributed by atoms with Crippen molar-refractivity contribution in [2.45, 2.75) is 63.6 Å². The largest absolute Gasteiger partial charge is 0.305 e. The van der Waals surface area contributed by atoms with Gasteiger partial charge < -0.3 is 5.32 Å². The first-order valence-corrected chi connectivity index (χ1v) is 6.35. The van der Waals surface area contributed by atoms with Crippen molar-refractivity contribution >= 4 is 0 Å². The molecule has 1 aliphatic carbocycles. The van der Waals surface area contributed by atoms with Gasteiger partial charge in [-0.25, -0.2) is 0 Å². The van der Waals surface area contributed by atoms with Gasteiger partial charge in [-0.2, -0.15) is 0 Å². The van der Waals surface area contributed by atoms with Gasteiger partial charge in [0.25, 0.3) is 0 Å². The molecule has 2 aliphatic rings. The molecule has 0 radical (unpaired) electrons. The Bertz CT molecular complexity index is 164. The van der Waals surface area contributed by atoms with Crippen LogP contribution in [0.5, 0.6) is 0 Å².